The van der Waals surface area contributed by atoms with Crippen LogP contribution in [0.5, 0.6) is 0 Å². The topological polar surface area (TPSA) is 681 Å². The summed E-state index contributed by atoms with van der Waals surface area (Å²) >= 11 is 5.57. The van der Waals surface area contributed by atoms with Gasteiger partial charge >= 0.3 is 5.97 Å². The third kappa shape index (κ3) is 38.8. The van der Waals surface area contributed by atoms with Crippen LogP contribution in [0, 0.1) is 23.2 Å². The minimum atomic E-state index is -1.87. The number of carboxylic acids is 1. The average molecular weight is 2070 g/mol. The highest BCUT2D eigenvalue weighted by atomic mass is 32.2. The van der Waals surface area contributed by atoms with Crippen LogP contribution >= 0.6 is 24.4 Å². The molecule has 5 aromatic carbocycles. The van der Waals surface area contributed by atoms with E-state index < -0.39 is 204 Å². The van der Waals surface area contributed by atoms with Crippen LogP contribution < -0.4 is 108 Å². The van der Waals surface area contributed by atoms with E-state index in [-0.39, 0.29) is 127 Å². The van der Waals surface area contributed by atoms with Gasteiger partial charge < -0.3 is 133 Å². The maximum atomic E-state index is 16.0. The fraction of sp³-hybridized carbons (Fsp3) is 0.485. The number of nitrogens with two attached hydrogens (primary N) is 4. The number of thiol groups is 1. The third-order valence-electron chi connectivity index (χ3n) is 24.6. The summed E-state index contributed by atoms with van der Waals surface area (Å²) in [6.07, 6.45) is 7.54. The summed E-state index contributed by atoms with van der Waals surface area (Å²) < 4.78 is 0. The Morgan fingerprint density at radius 3 is 1.05 bits per heavy atom. The molecule has 0 saturated carbocycles. The smallest absolute Gasteiger partial charge is 0.327 e. The van der Waals surface area contributed by atoms with Gasteiger partial charge in [-0.1, -0.05) is 157 Å². The minimum Gasteiger partial charge on any atom is -0.480 e. The van der Waals surface area contributed by atoms with Gasteiger partial charge in [0.2, 0.25) is 88.6 Å². The first-order valence-electron chi connectivity index (χ1n) is 49.7. The van der Waals surface area contributed by atoms with Crippen molar-refractivity contribution < 1.29 is 86.9 Å². The summed E-state index contributed by atoms with van der Waals surface area (Å²) in [7, 11) is 0. The van der Waals surface area contributed by atoms with E-state index in [9.17, 15) is 63.0 Å². The monoisotopic (exact) mass is 2070 g/mol. The molecule has 0 bridgehead atoms. The molecule has 147 heavy (non-hydrogen) atoms. The Labute approximate surface area is 864 Å². The van der Waals surface area contributed by atoms with E-state index in [0.717, 1.165) is 0 Å². The summed E-state index contributed by atoms with van der Waals surface area (Å²) in [6, 6.07) is 17.2. The lowest BCUT2D eigenvalue weighted by molar-refractivity contribution is -0.141. The largest absolute Gasteiger partial charge is 0.480 e. The molecule has 0 radical (unpaired) electrons. The van der Waals surface area contributed by atoms with Crippen molar-refractivity contribution in [1.29, 1.82) is 5.41 Å². The molecule has 0 fully saturated rings. The second-order valence-electron chi connectivity index (χ2n) is 37.9. The summed E-state index contributed by atoms with van der Waals surface area (Å²) in [5.41, 5.74) is 27.9. The maximum Gasteiger partial charge on any atom is 0.327 e. The number of fused-ring (bicyclic) bond motifs is 3. The van der Waals surface area contributed by atoms with Crippen LogP contribution in [0.25, 0.3) is 32.7 Å². The molecule has 3 aromatic heterocycles. The van der Waals surface area contributed by atoms with Gasteiger partial charge in [-0.3, -0.25) is 77.3 Å². The molecule has 8 rings (SSSR count). The number of aliphatic hydroxyl groups excluding tert-OH is 1. The Morgan fingerprint density at radius 2 is 0.673 bits per heavy atom. The Hall–Kier alpha value is -14.0. The number of hydrogen-bond donors (Lipinski definition) is 27. The number of benzene rings is 5. The molecule has 3 heterocycles. The van der Waals surface area contributed by atoms with Crippen LogP contribution in [-0.2, 0) is 109 Å². The van der Waals surface area contributed by atoms with Gasteiger partial charge in [0.05, 0.1) is 19.2 Å². The van der Waals surface area contributed by atoms with Gasteiger partial charge in [-0.15, -0.1) is 0 Å². The van der Waals surface area contributed by atoms with Crippen molar-refractivity contribution in [2.24, 2.45) is 40.7 Å². The molecule has 8 aromatic rings. The van der Waals surface area contributed by atoms with E-state index in [1.807, 2.05) is 53.9 Å². The van der Waals surface area contributed by atoms with E-state index in [1.54, 1.807) is 146 Å². The van der Waals surface area contributed by atoms with Crippen molar-refractivity contribution in [3.63, 3.8) is 0 Å². The van der Waals surface area contributed by atoms with E-state index in [2.05, 4.69) is 113 Å². The molecule has 0 saturated heterocycles. The molecule has 0 aliphatic heterocycles. The number of aliphatic carboxylic acids is 1. The Kier molecular flexibility index (Phi) is 49.0. The molecule has 798 valence electrons. The Morgan fingerprint density at radius 1 is 0.361 bits per heavy atom. The average Bonchev–Trinajstić information content (AvgIpc) is 1.68. The highest BCUT2D eigenvalue weighted by molar-refractivity contribution is 7.98. The molecule has 0 spiro atoms. The summed E-state index contributed by atoms with van der Waals surface area (Å²) in [6.45, 7) is 11.0. The molecule has 30 N–H and O–H groups in total. The minimum absolute atomic E-state index is 0.00189. The van der Waals surface area contributed by atoms with Crippen molar-refractivity contribution in [3.05, 3.63) is 180 Å². The van der Waals surface area contributed by atoms with Crippen LogP contribution in [0.1, 0.15) is 153 Å². The molecule has 44 heteroatoms. The fourth-order valence-electron chi connectivity index (χ4n) is 16.7. The molecule has 0 aliphatic rings. The Bertz CT molecular complexity index is 5730. The number of amides is 15. The number of carbonyl (C=O) groups is 16. The second kappa shape index (κ2) is 60.9. The lowest BCUT2D eigenvalue weighted by atomic mass is 9.99. The number of H-pyrrole nitrogens is 3. The summed E-state index contributed by atoms with van der Waals surface area (Å²) in [4.78, 5) is 242. The molecule has 42 nitrogen and oxygen atoms in total. The number of hydrogen-bond acceptors (Lipinski definition) is 23. The van der Waals surface area contributed by atoms with Gasteiger partial charge in [0, 0.05) is 95.7 Å². The number of nitrogens with one attached hydrogen (secondary N) is 20. The zero-order chi connectivity index (χ0) is 107. The van der Waals surface area contributed by atoms with Crippen LogP contribution in [0.15, 0.2) is 152 Å². The summed E-state index contributed by atoms with van der Waals surface area (Å²) in [5, 5.41) is 73.7. The lowest BCUT2D eigenvalue weighted by Gasteiger charge is -2.28. The number of guanidine groups is 1. The molecule has 0 aliphatic carbocycles. The van der Waals surface area contributed by atoms with Crippen LogP contribution in [-0.4, -0.2) is 267 Å². The summed E-state index contributed by atoms with van der Waals surface area (Å²) in [5.74, 6) is -14.8. The number of unbranched alkanes of at least 4 members (excludes halogenated alkanes) is 2. The number of rotatable bonds is 64. The first-order chi connectivity index (χ1) is 70.3. The number of carbonyl (C=O) groups excluding carboxylic acids is 15. The first kappa shape index (κ1) is 118. The zero-order valence-electron chi connectivity index (χ0n) is 84.4. The number of aliphatic hydroxyl groups is 1. The van der Waals surface area contributed by atoms with Crippen LogP contribution in [0.2, 0.25) is 0 Å². The quantitative estimate of drug-likeness (QED) is 0.0111. The number of aromatic amines is 3. The first-order valence-corrected chi connectivity index (χ1v) is 51.8. The van der Waals surface area contributed by atoms with Gasteiger partial charge in [0.25, 0.3) is 0 Å². The molecular formula is C103H146N24O18S2. The molecule has 15 amide bonds. The van der Waals surface area contributed by atoms with E-state index in [0.29, 0.717) is 92.0 Å². The van der Waals surface area contributed by atoms with Crippen molar-refractivity contribution in [1.82, 2.24) is 100 Å². The molecule has 15 atom stereocenters. The SMILES string of the molecule is CSCC[C@H](N)C(=O)N[C@@H](CC(C)C)C(=O)N[C@@H](C)C(=O)N[C@@H](CC(C)C)C(=O)N[C@@H](CC(C)C)C(=O)NCC(=O)N[C@@H](Cc1c[nH]c2ccccc12)C(=O)N[C@@H](Cc1c[nH]c2ccccc12)C(=O)N[C@@H](Cc1c[nH]c2ccccc12)C(=O)N[C@@H](Cc1ccccc1)C(=O)N[C@@H](Cc1ccccc1)C(=O)N[C@@H](CO)C(=O)N[C@@H](CCCNC(=N)N)C(=O)N[C@@H](CCCCN)C(=O)N[C@@H](CCCCN)C(=O)N[C@@H](CS)C(=O)O. The van der Waals surface area contributed by atoms with Crippen LogP contribution in [0.3, 0.4) is 0 Å². The highest BCUT2D eigenvalue weighted by Gasteiger charge is 2.40. The van der Waals surface area contributed by atoms with E-state index >= 15 is 24.0 Å². The fourth-order valence-corrected chi connectivity index (χ4v) is 17.4. The van der Waals surface area contributed by atoms with Gasteiger partial charge in [-0.2, -0.15) is 24.4 Å². The van der Waals surface area contributed by atoms with E-state index in [4.69, 9.17) is 28.3 Å². The highest BCUT2D eigenvalue weighted by Crippen LogP contribution is 2.25. The normalized spacial score (nSPS) is 14.4. The van der Waals surface area contributed by atoms with E-state index in [1.165, 1.54) is 18.7 Å². The second-order valence-corrected chi connectivity index (χ2v) is 39.3. The predicted octanol–water partition coefficient (Wildman–Crippen LogP) is 1.31. The number of aromatic nitrogens is 3. The van der Waals surface area contributed by atoms with Gasteiger partial charge in [-0.25, -0.2) is 4.79 Å². The Balaban J connectivity index is 1.07. The van der Waals surface area contributed by atoms with Gasteiger partial charge in [-0.05, 0) is 173 Å². The lowest BCUT2D eigenvalue weighted by Crippen LogP contribution is -2.62. The predicted molar refractivity (Wildman–Crippen MR) is 565 cm³/mol. The van der Waals surface area contributed by atoms with Crippen LogP contribution in [0.4, 0.5) is 0 Å². The van der Waals surface area contributed by atoms with Crippen molar-refractivity contribution in [3.8, 4) is 0 Å². The zero-order valence-corrected chi connectivity index (χ0v) is 86.1. The third-order valence-corrected chi connectivity index (χ3v) is 25.6. The van der Waals surface area contributed by atoms with Crippen molar-refractivity contribution >= 4 is 158 Å². The molecular weight excluding hydrogens is 1930 g/mol. The molecule has 0 unspecified atom stereocenters. The van der Waals surface area contributed by atoms with Crippen molar-refractivity contribution in [2.45, 2.75) is 248 Å². The van der Waals surface area contributed by atoms with Gasteiger partial charge in [0.15, 0.2) is 5.96 Å². The number of para-hydroxylation sites is 3. The van der Waals surface area contributed by atoms with Crippen molar-refractivity contribution in [2.75, 3.05) is 50.5 Å². The van der Waals surface area contributed by atoms with Gasteiger partial charge in [0.1, 0.15) is 84.6 Å². The number of carboxylic acid groups (broad SMARTS) is 1. The standard InChI is InChI=1S/C103H146N24O18S2/c1-58(2)44-77(121-95(137)79(46-60(5)6)119-88(130)61(7)114-94(136)78(45-59(3)4)120-89(131)70(106)39-43-147-8)90(132)113-55-87(129)115-82(49-64-52-110-71-33-18-15-30-67(64)71)98(140)124-84(51-66-54-112-73-35-20-17-32-69(66)73)100(142)125-83(50-65-53-111-72-34-19-16-31-68(65)72)99(141)123-80(47-62-26-11-9-12-27-62)96(138)122-81(48-63-28-13-10-14-29-63)97(139)126-85(56-128)101(143)118-76(38-25-42-109-103(107)108)92(134)116-74(36-21-23-40-104)91(133)117-75(37-22-24-41-105)93(135)127-86(57-146)102(144)145/h9-20,26-35,52-54,58-61,70,74-86,110-112,128,146H,21-25,36-51,55-57,104-106H2,1-8H3,(H,113,132)(H,114,136)(H,115,129)(H,116,134)(H,117,133)(H,118,143)(H,119,130)(H,120,131)(H,121,137)(H,122,138)(H,123,141)(H,124,140)(H,125,142)(H,126,139)(H,127,135)(H,144,145)(H4,107,108,109)/t61-,70-,74-,75-,76-,77-,78-,79-,80-,81-,82-,83-,84-,85-,86-/m0/s1. The number of thioether (sulfide) groups is 1. The maximum absolute atomic E-state index is 16.0.